The molecule has 1 spiro atoms. The number of halogens is 1. The molecule has 1 saturated carbocycles. The molecule has 4 aliphatic rings. The summed E-state index contributed by atoms with van der Waals surface area (Å²) in [5.41, 5.74) is 3.10. The SMILES string of the molecule is CO[C@H]1CCCCC(=O)NS(=O)(=O)c2ccc3c(c2)N(C[C@@H]2CC[C@H]21)C[C@@]1(CCCc2cc(Cl)ccc21)CO3. The fourth-order valence-electron chi connectivity index (χ4n) is 7.25. The second-order valence-corrected chi connectivity index (χ2v) is 13.9. The van der Waals surface area contributed by atoms with Crippen LogP contribution in [0, 0.1) is 11.8 Å². The molecule has 1 N–H and O–H groups in total. The van der Waals surface area contributed by atoms with Crippen LogP contribution in [0.2, 0.25) is 5.02 Å². The molecule has 9 heteroatoms. The quantitative estimate of drug-likeness (QED) is 0.503. The van der Waals surface area contributed by atoms with Gasteiger partial charge in [-0.2, -0.15) is 0 Å². The molecule has 39 heavy (non-hydrogen) atoms. The van der Waals surface area contributed by atoms with Crippen molar-refractivity contribution in [2.45, 2.75) is 74.2 Å². The number of aryl methyl sites for hydroxylation is 1. The maximum absolute atomic E-state index is 13.2. The largest absolute Gasteiger partial charge is 0.490 e. The van der Waals surface area contributed by atoms with Gasteiger partial charge in [-0.25, -0.2) is 13.1 Å². The summed E-state index contributed by atoms with van der Waals surface area (Å²) in [5, 5.41) is 0.748. The lowest BCUT2D eigenvalue weighted by Crippen LogP contribution is -2.49. The number of nitrogens with one attached hydrogen (secondary N) is 1. The van der Waals surface area contributed by atoms with Crippen molar-refractivity contribution in [2.24, 2.45) is 11.8 Å². The third-order valence-electron chi connectivity index (χ3n) is 9.42. The van der Waals surface area contributed by atoms with Crippen molar-refractivity contribution < 1.29 is 22.7 Å². The first-order valence-corrected chi connectivity index (χ1v) is 16.0. The van der Waals surface area contributed by atoms with Crippen LogP contribution in [-0.4, -0.2) is 47.2 Å². The lowest BCUT2D eigenvalue weighted by atomic mass is 9.68. The highest BCUT2D eigenvalue weighted by atomic mass is 35.5. The van der Waals surface area contributed by atoms with E-state index in [-0.39, 0.29) is 22.8 Å². The maximum Gasteiger partial charge on any atom is 0.264 e. The van der Waals surface area contributed by atoms with E-state index in [9.17, 15) is 13.2 Å². The molecule has 4 atom stereocenters. The van der Waals surface area contributed by atoms with Crippen LogP contribution < -0.4 is 14.4 Å². The van der Waals surface area contributed by atoms with Gasteiger partial charge in [0.15, 0.2) is 0 Å². The molecule has 0 saturated heterocycles. The molecular weight excluding hydrogens is 536 g/mol. The van der Waals surface area contributed by atoms with Gasteiger partial charge in [-0.05, 0) is 98.2 Å². The van der Waals surface area contributed by atoms with E-state index in [4.69, 9.17) is 21.1 Å². The Balaban J connectivity index is 1.43. The Bertz CT molecular complexity index is 1370. The van der Waals surface area contributed by atoms with E-state index in [1.165, 1.54) is 11.1 Å². The lowest BCUT2D eigenvalue weighted by molar-refractivity contribution is -0.119. The number of ether oxygens (including phenoxy) is 2. The second kappa shape index (κ2) is 10.6. The van der Waals surface area contributed by atoms with Gasteiger partial charge in [0.25, 0.3) is 10.0 Å². The minimum atomic E-state index is -4.00. The predicted octanol–water partition coefficient (Wildman–Crippen LogP) is 5.23. The molecular formula is C30H37ClN2O5S. The van der Waals surface area contributed by atoms with Crippen LogP contribution in [-0.2, 0) is 31.4 Å². The minimum Gasteiger partial charge on any atom is -0.490 e. The highest BCUT2D eigenvalue weighted by molar-refractivity contribution is 7.90. The van der Waals surface area contributed by atoms with E-state index < -0.39 is 15.9 Å². The standard InChI is InChI=1S/C30H37ClN2O5S/c1-37-27-6-2-3-7-29(34)32-39(35,36)23-10-13-28-26(16-23)33(17-21-8-11-24(21)27)18-30(19-38-28)14-4-5-20-15-22(31)9-12-25(20)30/h9-10,12-13,15-16,21,24,27H,2-8,11,14,17-19H2,1H3,(H,32,34)/t21-,24+,27-,30-/m0/s1. The van der Waals surface area contributed by atoms with E-state index in [1.807, 2.05) is 6.07 Å². The zero-order valence-electron chi connectivity index (χ0n) is 22.5. The van der Waals surface area contributed by atoms with Crippen LogP contribution in [0.3, 0.4) is 0 Å². The minimum absolute atomic E-state index is 0.0878. The molecule has 210 valence electrons. The molecule has 1 amide bonds. The third kappa shape index (κ3) is 5.16. The summed E-state index contributed by atoms with van der Waals surface area (Å²) >= 11 is 6.38. The van der Waals surface area contributed by atoms with Gasteiger partial charge in [-0.1, -0.05) is 24.1 Å². The van der Waals surface area contributed by atoms with Crippen molar-refractivity contribution in [1.82, 2.24) is 4.72 Å². The van der Waals surface area contributed by atoms with E-state index >= 15 is 0 Å². The number of rotatable bonds is 1. The number of hydrogen-bond acceptors (Lipinski definition) is 6. The number of methoxy groups -OCH3 is 1. The highest BCUT2D eigenvalue weighted by Crippen LogP contribution is 2.47. The van der Waals surface area contributed by atoms with Crippen LogP contribution in [0.4, 0.5) is 5.69 Å². The number of sulfonamides is 1. The molecule has 0 radical (unpaired) electrons. The van der Waals surface area contributed by atoms with Crippen molar-refractivity contribution in [3.8, 4) is 5.75 Å². The van der Waals surface area contributed by atoms with Gasteiger partial charge in [-0.15, -0.1) is 0 Å². The Morgan fingerprint density at radius 1 is 1.08 bits per heavy atom. The fourth-order valence-corrected chi connectivity index (χ4v) is 8.48. The van der Waals surface area contributed by atoms with Gasteiger partial charge in [0, 0.05) is 37.1 Å². The lowest BCUT2D eigenvalue weighted by Gasteiger charge is -2.46. The van der Waals surface area contributed by atoms with Crippen molar-refractivity contribution in [3.05, 3.63) is 52.5 Å². The van der Waals surface area contributed by atoms with Gasteiger partial charge in [0.1, 0.15) is 5.75 Å². The monoisotopic (exact) mass is 572 g/mol. The second-order valence-electron chi connectivity index (χ2n) is 11.8. The summed E-state index contributed by atoms with van der Waals surface area (Å²) < 4.78 is 41.2. The van der Waals surface area contributed by atoms with E-state index in [2.05, 4.69) is 21.8 Å². The summed E-state index contributed by atoms with van der Waals surface area (Å²) in [7, 11) is -2.21. The van der Waals surface area contributed by atoms with Crippen molar-refractivity contribution in [3.63, 3.8) is 0 Å². The first-order chi connectivity index (χ1) is 18.8. The molecule has 2 aromatic rings. The van der Waals surface area contributed by atoms with Crippen LogP contribution in [0.15, 0.2) is 41.3 Å². The summed E-state index contributed by atoms with van der Waals surface area (Å²) in [5.74, 6) is 1.10. The van der Waals surface area contributed by atoms with Crippen molar-refractivity contribution in [1.29, 1.82) is 0 Å². The highest BCUT2D eigenvalue weighted by Gasteiger charge is 2.44. The van der Waals surface area contributed by atoms with E-state index in [0.717, 1.165) is 68.7 Å². The number of carbonyl (C=O) groups excluding carboxylic acids is 1. The zero-order valence-corrected chi connectivity index (χ0v) is 24.0. The number of benzene rings is 2. The predicted molar refractivity (Wildman–Crippen MR) is 151 cm³/mol. The molecule has 0 unspecified atom stereocenters. The Labute approximate surface area is 236 Å². The van der Waals surface area contributed by atoms with Crippen LogP contribution in [0.5, 0.6) is 5.75 Å². The molecule has 2 bridgehead atoms. The van der Waals surface area contributed by atoms with E-state index in [1.54, 1.807) is 25.3 Å². The Hall–Kier alpha value is -2.29. The normalized spacial score (nSPS) is 30.4. The summed E-state index contributed by atoms with van der Waals surface area (Å²) in [4.78, 5) is 15.0. The number of amides is 1. The summed E-state index contributed by atoms with van der Waals surface area (Å²) in [6.07, 6.45) is 7.92. The molecule has 0 aromatic heterocycles. The smallest absolute Gasteiger partial charge is 0.264 e. The number of carbonyl (C=O) groups is 1. The van der Waals surface area contributed by atoms with Gasteiger partial charge in [0.2, 0.25) is 5.91 Å². The number of hydrogen-bond donors (Lipinski definition) is 1. The first kappa shape index (κ1) is 26.9. The van der Waals surface area contributed by atoms with Crippen LogP contribution in [0.25, 0.3) is 0 Å². The first-order valence-electron chi connectivity index (χ1n) is 14.2. The Morgan fingerprint density at radius 2 is 1.95 bits per heavy atom. The van der Waals surface area contributed by atoms with Gasteiger partial charge < -0.3 is 14.4 Å². The number of fused-ring (bicyclic) bond motifs is 4. The summed E-state index contributed by atoms with van der Waals surface area (Å²) in [6.45, 7) is 2.05. The maximum atomic E-state index is 13.2. The molecule has 2 aromatic carbocycles. The average molecular weight is 573 g/mol. The molecule has 2 heterocycles. The molecule has 2 aliphatic heterocycles. The molecule has 7 nitrogen and oxygen atoms in total. The van der Waals surface area contributed by atoms with E-state index in [0.29, 0.717) is 30.6 Å². The molecule has 2 aliphatic carbocycles. The van der Waals surface area contributed by atoms with Crippen molar-refractivity contribution in [2.75, 3.05) is 31.7 Å². The molecule has 6 rings (SSSR count). The van der Waals surface area contributed by atoms with Crippen molar-refractivity contribution >= 4 is 33.2 Å². The third-order valence-corrected chi connectivity index (χ3v) is 11.0. The number of nitrogens with zero attached hydrogens (tertiary/aromatic N) is 1. The topological polar surface area (TPSA) is 84.9 Å². The van der Waals surface area contributed by atoms with Gasteiger partial charge in [0.05, 0.1) is 23.3 Å². The fraction of sp³-hybridized carbons (Fsp3) is 0.567. The summed E-state index contributed by atoms with van der Waals surface area (Å²) in [6, 6.07) is 11.2. The Kier molecular flexibility index (Phi) is 7.31. The molecule has 1 fully saturated rings. The van der Waals surface area contributed by atoms with Gasteiger partial charge >= 0.3 is 0 Å². The van der Waals surface area contributed by atoms with Crippen LogP contribution >= 0.6 is 11.6 Å². The number of anilines is 1. The van der Waals surface area contributed by atoms with Crippen LogP contribution in [0.1, 0.15) is 62.5 Å². The average Bonchev–Trinajstić information content (AvgIpc) is 3.04. The van der Waals surface area contributed by atoms with Gasteiger partial charge in [-0.3, -0.25) is 4.79 Å². The Morgan fingerprint density at radius 3 is 2.74 bits per heavy atom. The zero-order chi connectivity index (χ0) is 27.2.